The second-order valence-corrected chi connectivity index (χ2v) is 7.83. The van der Waals surface area contributed by atoms with E-state index in [2.05, 4.69) is 4.99 Å². The van der Waals surface area contributed by atoms with E-state index in [4.69, 9.17) is 0 Å². The van der Waals surface area contributed by atoms with Gasteiger partial charge in [0.05, 0.1) is 6.42 Å². The molecule has 0 bridgehead atoms. The van der Waals surface area contributed by atoms with Crippen molar-refractivity contribution in [2.45, 2.75) is 24.4 Å². The third-order valence-electron chi connectivity index (χ3n) is 2.58. The summed E-state index contributed by atoms with van der Waals surface area (Å²) < 4.78 is 120. The van der Waals surface area contributed by atoms with Crippen molar-refractivity contribution in [3.8, 4) is 0 Å². The zero-order valence-corrected chi connectivity index (χ0v) is 13.0. The van der Waals surface area contributed by atoms with Gasteiger partial charge in [0.15, 0.2) is 0 Å². The molecule has 0 aliphatic carbocycles. The smallest absolute Gasteiger partial charge is 0.166 e. The van der Waals surface area contributed by atoms with Crippen molar-refractivity contribution in [2.24, 2.45) is 4.99 Å². The number of amidine groups is 2. The van der Waals surface area contributed by atoms with Crippen LogP contribution >= 0.6 is 0 Å². The van der Waals surface area contributed by atoms with Crippen molar-refractivity contribution >= 4 is 37.9 Å². The molecule has 0 radical (unpaired) electrons. The monoisotopic (exact) mass is 389 g/mol. The van der Waals surface area contributed by atoms with Crippen molar-refractivity contribution in [3.05, 3.63) is 0 Å². The molecule has 15 heteroatoms. The molecule has 0 aromatic heterocycles. The summed E-state index contributed by atoms with van der Waals surface area (Å²) in [6.45, 7) is 1.42. The Bertz CT molecular complexity index is 771. The fourth-order valence-electron chi connectivity index (χ4n) is 1.50. The lowest BCUT2D eigenvalue weighted by molar-refractivity contribution is -0.419. The maximum atomic E-state index is 12.6. The van der Waals surface area contributed by atoms with Crippen LogP contribution in [0.1, 0.15) is 13.3 Å². The second kappa shape index (κ2) is 5.54. The van der Waals surface area contributed by atoms with Gasteiger partial charge in [-0.05, 0) is 0 Å². The SMILES string of the molecule is CCC1=[N+](C)C(=[N+](S(=O)(=O)C(F)(F)F)S(=O)(=O)C(F)(F)F)C=N1. The van der Waals surface area contributed by atoms with Crippen molar-refractivity contribution in [1.82, 2.24) is 0 Å². The lowest BCUT2D eigenvalue weighted by Gasteiger charge is -2.11. The fourth-order valence-corrected chi connectivity index (χ4v) is 4.25. The molecule has 0 aromatic carbocycles. The van der Waals surface area contributed by atoms with Crippen molar-refractivity contribution in [1.29, 1.82) is 0 Å². The highest BCUT2D eigenvalue weighted by Crippen LogP contribution is 2.32. The lowest BCUT2D eigenvalue weighted by atomic mass is 10.4. The van der Waals surface area contributed by atoms with Gasteiger partial charge in [0.25, 0.3) is 6.21 Å². The maximum Gasteiger partial charge on any atom is 0.546 e. The number of hydrogen-bond donors (Lipinski definition) is 0. The van der Waals surface area contributed by atoms with E-state index < -0.39 is 40.3 Å². The van der Waals surface area contributed by atoms with Crippen LogP contribution in [-0.2, 0) is 20.0 Å². The number of hydrogen-bond acceptors (Lipinski definition) is 5. The molecule has 0 unspecified atom stereocenters. The molecular formula is C8H9F6N3O4S2+2. The summed E-state index contributed by atoms with van der Waals surface area (Å²) in [4.78, 5) is 3.40. The Morgan fingerprint density at radius 3 is 1.70 bits per heavy atom. The van der Waals surface area contributed by atoms with E-state index in [1.807, 2.05) is 0 Å². The van der Waals surface area contributed by atoms with Crippen LogP contribution in [0.2, 0.25) is 0 Å². The van der Waals surface area contributed by atoms with Crippen molar-refractivity contribution in [3.63, 3.8) is 0 Å². The molecular weight excluding hydrogens is 380 g/mol. The van der Waals surface area contributed by atoms with E-state index in [-0.39, 0.29) is 12.3 Å². The number of nitrogens with zero attached hydrogens (tertiary/aromatic N) is 3. The van der Waals surface area contributed by atoms with Gasteiger partial charge in [-0.1, -0.05) is 6.92 Å². The first kappa shape index (κ1) is 19.5. The molecule has 23 heavy (non-hydrogen) atoms. The zero-order chi connectivity index (χ0) is 18.4. The Morgan fingerprint density at radius 2 is 1.43 bits per heavy atom. The third-order valence-corrected chi connectivity index (χ3v) is 6.18. The van der Waals surface area contributed by atoms with E-state index in [1.165, 1.54) is 6.92 Å². The first-order chi connectivity index (χ1) is 10.1. The lowest BCUT2D eigenvalue weighted by Crippen LogP contribution is -2.48. The highest BCUT2D eigenvalue weighted by Gasteiger charge is 2.67. The first-order valence-corrected chi connectivity index (χ1v) is 8.40. The fraction of sp³-hybridized carbons (Fsp3) is 0.625. The molecule has 7 nitrogen and oxygen atoms in total. The molecule has 0 spiro atoms. The summed E-state index contributed by atoms with van der Waals surface area (Å²) in [6.07, 6.45) is 0.299. The molecule has 0 fully saturated rings. The standard InChI is InChI=1S/C8H9F6N3O4S2/c1-3-5-15-4-6(16(5)2)17(22(18,19)7(9,10)11)23(20,21)8(12,13)14/h4H,3H2,1-2H3/q+2. The molecule has 1 aliphatic rings. The van der Waals surface area contributed by atoms with Gasteiger partial charge in [0.1, 0.15) is 7.05 Å². The van der Waals surface area contributed by atoms with E-state index in [0.717, 1.165) is 7.05 Å². The Morgan fingerprint density at radius 1 is 1.04 bits per heavy atom. The van der Waals surface area contributed by atoms with Gasteiger partial charge in [-0.3, -0.25) is 0 Å². The second-order valence-electron chi connectivity index (χ2n) is 4.04. The molecule has 0 N–H and O–H groups in total. The summed E-state index contributed by atoms with van der Waals surface area (Å²) >= 11 is 0. The van der Waals surface area contributed by atoms with Crippen LogP contribution in [-0.4, -0.2) is 60.7 Å². The first-order valence-electron chi connectivity index (χ1n) is 5.52. The Balaban J connectivity index is 3.99. The van der Waals surface area contributed by atoms with Crippen LogP contribution in [0.4, 0.5) is 26.3 Å². The van der Waals surface area contributed by atoms with Crippen LogP contribution in [0.5, 0.6) is 0 Å². The van der Waals surface area contributed by atoms with Crippen LogP contribution < -0.4 is 0 Å². The molecule has 0 atom stereocenters. The third kappa shape index (κ3) is 3.11. The predicted molar refractivity (Wildman–Crippen MR) is 65.2 cm³/mol. The minimum atomic E-state index is -6.89. The van der Waals surface area contributed by atoms with Crippen molar-refractivity contribution in [2.75, 3.05) is 7.05 Å². The van der Waals surface area contributed by atoms with Gasteiger partial charge in [-0.2, -0.15) is 47.8 Å². The van der Waals surface area contributed by atoms with E-state index in [1.54, 1.807) is 0 Å². The Kier molecular flexibility index (Phi) is 4.70. The minimum Gasteiger partial charge on any atom is -0.166 e. The predicted octanol–water partition coefficient (Wildman–Crippen LogP) is 0.632. The number of sulfonamides is 2. The molecule has 1 aliphatic heterocycles. The molecule has 0 aromatic rings. The summed E-state index contributed by atoms with van der Waals surface area (Å²) in [5, 5.41) is 0. The van der Waals surface area contributed by atoms with E-state index >= 15 is 0 Å². The Hall–Kier alpha value is -1.51. The van der Waals surface area contributed by atoms with Gasteiger partial charge in [-0.25, -0.2) is 0 Å². The molecule has 1 heterocycles. The summed E-state index contributed by atoms with van der Waals surface area (Å²) in [7, 11) is -12.9. The van der Waals surface area contributed by atoms with E-state index in [0.29, 0.717) is 10.8 Å². The van der Waals surface area contributed by atoms with Crippen LogP contribution in [0.25, 0.3) is 0 Å². The van der Waals surface area contributed by atoms with Crippen LogP contribution in [0.3, 0.4) is 0 Å². The zero-order valence-electron chi connectivity index (χ0n) is 11.3. The van der Waals surface area contributed by atoms with Crippen LogP contribution in [0.15, 0.2) is 4.99 Å². The maximum absolute atomic E-state index is 12.6. The molecule has 0 amide bonds. The van der Waals surface area contributed by atoms with Gasteiger partial charge < -0.3 is 0 Å². The highest BCUT2D eigenvalue weighted by molar-refractivity contribution is 7.98. The van der Waals surface area contributed by atoms with E-state index in [9.17, 15) is 43.2 Å². The van der Waals surface area contributed by atoms with Gasteiger partial charge in [0, 0.05) is 8.38 Å². The quantitative estimate of drug-likeness (QED) is 0.524. The van der Waals surface area contributed by atoms with Gasteiger partial charge in [0.2, 0.25) is 0 Å². The Labute approximate surface area is 126 Å². The number of alkyl halides is 6. The topological polar surface area (TPSA) is 86.7 Å². The summed E-state index contributed by atoms with van der Waals surface area (Å²) in [5.74, 6) is -1.53. The highest BCUT2D eigenvalue weighted by atomic mass is 32.3. The molecule has 0 saturated heterocycles. The molecule has 132 valence electrons. The normalized spacial score (nSPS) is 17.1. The number of halogens is 6. The average Bonchev–Trinajstić information content (AvgIpc) is 2.67. The molecule has 1 rings (SSSR count). The van der Waals surface area contributed by atoms with Crippen LogP contribution in [0, 0.1) is 0 Å². The van der Waals surface area contributed by atoms with Crippen molar-refractivity contribution < 1.29 is 51.1 Å². The largest absolute Gasteiger partial charge is 0.546 e. The number of rotatable bonds is 3. The average molecular weight is 389 g/mol. The van der Waals surface area contributed by atoms with Gasteiger partial charge >= 0.3 is 42.7 Å². The summed E-state index contributed by atoms with van der Waals surface area (Å²) in [5.41, 5.74) is -12.6. The summed E-state index contributed by atoms with van der Waals surface area (Å²) in [6, 6.07) is 0. The molecule has 0 saturated carbocycles. The number of aliphatic imine (C=N–C) groups is 1. The minimum absolute atomic E-state index is 0.00245. The van der Waals surface area contributed by atoms with Gasteiger partial charge in [-0.15, -0.1) is 0 Å².